The van der Waals surface area contributed by atoms with Gasteiger partial charge in [0.25, 0.3) is 5.91 Å². The highest BCUT2D eigenvalue weighted by molar-refractivity contribution is 6.30. The van der Waals surface area contributed by atoms with Crippen LogP contribution in [-0.4, -0.2) is 34.2 Å². The van der Waals surface area contributed by atoms with E-state index in [1.54, 1.807) is 60.4 Å². The van der Waals surface area contributed by atoms with E-state index in [4.69, 9.17) is 16.3 Å². The zero-order chi connectivity index (χ0) is 23.6. The number of hydrogen-bond acceptors (Lipinski definition) is 4. The standard InChI is InChI=1S/C26H26ClNO5/c1-17(29)18-11-14-26(15-12-18,20-7-9-21(27)10-8-20)28-16-13-22(24(28)30)33-23(25(31)32)19-5-3-2-4-6-19/h2-10,13,18,23H,11-12,14-16H2,1H3,(H,31,32)/t18?,23-,26?/m1/s1. The highest BCUT2D eigenvalue weighted by Crippen LogP contribution is 2.46. The maximum atomic E-state index is 13.5. The zero-order valence-electron chi connectivity index (χ0n) is 18.4. The second-order valence-corrected chi connectivity index (χ2v) is 9.09. The van der Waals surface area contributed by atoms with Crippen LogP contribution in [0, 0.1) is 5.92 Å². The molecule has 0 spiro atoms. The van der Waals surface area contributed by atoms with Crippen molar-refractivity contribution in [1.82, 2.24) is 4.90 Å². The SMILES string of the molecule is CC(=O)C1CCC(c2ccc(Cl)cc2)(N2CC=C(O[C@@H](C(=O)O)c3ccccc3)C2=O)CC1. The van der Waals surface area contributed by atoms with E-state index in [9.17, 15) is 19.5 Å². The monoisotopic (exact) mass is 467 g/mol. The molecule has 2 aromatic rings. The number of Topliss-reactive ketones (excluding diaryl/α,β-unsaturated/α-hetero) is 1. The molecule has 1 aliphatic carbocycles. The predicted octanol–water partition coefficient (Wildman–Crippen LogP) is 4.88. The van der Waals surface area contributed by atoms with Gasteiger partial charge in [0.05, 0.1) is 5.54 Å². The third-order valence-corrected chi connectivity index (χ3v) is 7.02. The van der Waals surface area contributed by atoms with E-state index < -0.39 is 17.6 Å². The fraction of sp³-hybridized carbons (Fsp3) is 0.346. The predicted molar refractivity (Wildman–Crippen MR) is 123 cm³/mol. The summed E-state index contributed by atoms with van der Waals surface area (Å²) >= 11 is 6.11. The molecule has 6 nitrogen and oxygen atoms in total. The molecule has 1 fully saturated rings. The number of hydrogen-bond donors (Lipinski definition) is 1. The molecule has 0 unspecified atom stereocenters. The minimum Gasteiger partial charge on any atom is -0.478 e. The minimum atomic E-state index is -1.28. The van der Waals surface area contributed by atoms with Crippen molar-refractivity contribution < 1.29 is 24.2 Å². The molecule has 0 radical (unpaired) electrons. The lowest BCUT2D eigenvalue weighted by Gasteiger charge is -2.46. The lowest BCUT2D eigenvalue weighted by atomic mass is 9.71. The van der Waals surface area contributed by atoms with Crippen molar-refractivity contribution in [2.75, 3.05) is 6.54 Å². The molecule has 7 heteroatoms. The Morgan fingerprint density at radius 2 is 1.73 bits per heavy atom. The Bertz CT molecular complexity index is 1070. The summed E-state index contributed by atoms with van der Waals surface area (Å²) in [4.78, 5) is 39.1. The smallest absolute Gasteiger partial charge is 0.349 e. The number of rotatable bonds is 7. The normalized spacial score (nSPS) is 23.7. The number of carboxylic acids is 1. The van der Waals surface area contributed by atoms with Crippen molar-refractivity contribution >= 4 is 29.3 Å². The summed E-state index contributed by atoms with van der Waals surface area (Å²) in [5, 5.41) is 10.3. The number of amides is 1. The summed E-state index contributed by atoms with van der Waals surface area (Å²) in [7, 11) is 0. The van der Waals surface area contributed by atoms with Gasteiger partial charge in [-0.05, 0) is 56.4 Å². The van der Waals surface area contributed by atoms with Gasteiger partial charge in [0.2, 0.25) is 6.10 Å². The van der Waals surface area contributed by atoms with Gasteiger partial charge >= 0.3 is 5.97 Å². The molecule has 0 bridgehead atoms. The second-order valence-electron chi connectivity index (χ2n) is 8.65. The fourth-order valence-electron chi connectivity index (χ4n) is 4.94. The first-order valence-electron chi connectivity index (χ1n) is 11.0. The largest absolute Gasteiger partial charge is 0.478 e. The lowest BCUT2D eigenvalue weighted by Crippen LogP contribution is -2.50. The highest BCUT2D eigenvalue weighted by Gasteiger charge is 2.47. The Labute approximate surface area is 197 Å². The van der Waals surface area contributed by atoms with Gasteiger partial charge in [-0.1, -0.05) is 54.1 Å². The van der Waals surface area contributed by atoms with Gasteiger partial charge in [0.15, 0.2) is 5.76 Å². The van der Waals surface area contributed by atoms with Crippen LogP contribution < -0.4 is 0 Å². The molecule has 1 aliphatic heterocycles. The topological polar surface area (TPSA) is 83.9 Å². The molecule has 1 N–H and O–H groups in total. The maximum Gasteiger partial charge on any atom is 0.349 e. The van der Waals surface area contributed by atoms with E-state index in [-0.39, 0.29) is 23.4 Å². The summed E-state index contributed by atoms with van der Waals surface area (Å²) in [5.41, 5.74) is 0.807. The van der Waals surface area contributed by atoms with Crippen LogP contribution in [0.5, 0.6) is 0 Å². The molecular formula is C26H26ClNO5. The van der Waals surface area contributed by atoms with E-state index in [0.717, 1.165) is 5.56 Å². The molecule has 2 aliphatic rings. The lowest BCUT2D eigenvalue weighted by molar-refractivity contribution is -0.150. The van der Waals surface area contributed by atoms with E-state index in [1.165, 1.54) is 0 Å². The average molecular weight is 468 g/mol. The summed E-state index contributed by atoms with van der Waals surface area (Å²) in [6.45, 7) is 1.92. The number of nitrogens with zero attached hydrogens (tertiary/aromatic N) is 1. The first kappa shape index (κ1) is 23.1. The van der Waals surface area contributed by atoms with Gasteiger partial charge in [-0.15, -0.1) is 0 Å². The summed E-state index contributed by atoms with van der Waals surface area (Å²) < 4.78 is 5.75. The van der Waals surface area contributed by atoms with Crippen LogP contribution >= 0.6 is 11.6 Å². The van der Waals surface area contributed by atoms with E-state index >= 15 is 0 Å². The molecule has 4 rings (SSSR count). The first-order valence-corrected chi connectivity index (χ1v) is 11.4. The van der Waals surface area contributed by atoms with Gasteiger partial charge < -0.3 is 14.7 Å². The molecule has 1 heterocycles. The quantitative estimate of drug-likeness (QED) is 0.627. The van der Waals surface area contributed by atoms with E-state index in [1.807, 2.05) is 12.1 Å². The van der Waals surface area contributed by atoms with Crippen molar-refractivity contribution in [2.24, 2.45) is 5.92 Å². The number of aliphatic carboxylic acids is 1. The molecule has 172 valence electrons. The number of halogens is 1. The molecule has 33 heavy (non-hydrogen) atoms. The van der Waals surface area contributed by atoms with Crippen LogP contribution in [0.15, 0.2) is 66.4 Å². The number of ether oxygens (including phenoxy) is 1. The Kier molecular flexibility index (Phi) is 6.56. The van der Waals surface area contributed by atoms with Crippen molar-refractivity contribution in [1.29, 1.82) is 0 Å². The van der Waals surface area contributed by atoms with Crippen LogP contribution in [0.3, 0.4) is 0 Å². The summed E-state index contributed by atoms with van der Waals surface area (Å²) in [6, 6.07) is 16.0. The van der Waals surface area contributed by atoms with E-state index in [0.29, 0.717) is 42.8 Å². The fourth-order valence-corrected chi connectivity index (χ4v) is 5.06. The molecule has 1 atom stereocenters. The molecule has 0 aromatic heterocycles. The van der Waals surface area contributed by atoms with Gasteiger partial charge in [0.1, 0.15) is 5.78 Å². The van der Waals surface area contributed by atoms with Crippen molar-refractivity contribution in [3.05, 3.63) is 82.6 Å². The van der Waals surface area contributed by atoms with Crippen molar-refractivity contribution in [3.8, 4) is 0 Å². The molecule has 1 saturated carbocycles. The number of benzene rings is 2. The van der Waals surface area contributed by atoms with Crippen molar-refractivity contribution in [2.45, 2.75) is 44.2 Å². The van der Waals surface area contributed by atoms with Crippen LogP contribution in [0.4, 0.5) is 0 Å². The van der Waals surface area contributed by atoms with Crippen molar-refractivity contribution in [3.63, 3.8) is 0 Å². The third-order valence-electron chi connectivity index (χ3n) is 6.77. The summed E-state index contributed by atoms with van der Waals surface area (Å²) in [6.07, 6.45) is 3.00. The Hall–Kier alpha value is -3.12. The number of ketones is 1. The van der Waals surface area contributed by atoms with Crippen LogP contribution in [0.25, 0.3) is 0 Å². The molecule has 0 saturated heterocycles. The number of carbonyl (C=O) groups is 3. The summed E-state index contributed by atoms with van der Waals surface area (Å²) in [5.74, 6) is -1.31. The number of carbonyl (C=O) groups excluding carboxylic acids is 2. The third kappa shape index (κ3) is 4.53. The van der Waals surface area contributed by atoms with Crippen LogP contribution in [0.2, 0.25) is 5.02 Å². The van der Waals surface area contributed by atoms with Gasteiger partial charge in [-0.25, -0.2) is 4.79 Å². The molecule has 1 amide bonds. The van der Waals surface area contributed by atoms with Gasteiger partial charge in [-0.2, -0.15) is 0 Å². The minimum absolute atomic E-state index is 0.0127. The first-order chi connectivity index (χ1) is 15.8. The Balaban J connectivity index is 1.61. The number of carboxylic acid groups (broad SMARTS) is 1. The van der Waals surface area contributed by atoms with Crippen LogP contribution in [0.1, 0.15) is 49.8 Å². The Morgan fingerprint density at radius 3 is 2.30 bits per heavy atom. The van der Waals surface area contributed by atoms with Gasteiger partial charge in [0, 0.05) is 23.0 Å². The zero-order valence-corrected chi connectivity index (χ0v) is 19.1. The molecular weight excluding hydrogens is 442 g/mol. The highest BCUT2D eigenvalue weighted by atomic mass is 35.5. The van der Waals surface area contributed by atoms with E-state index in [2.05, 4.69) is 0 Å². The second kappa shape index (κ2) is 9.40. The Morgan fingerprint density at radius 1 is 1.09 bits per heavy atom. The molecule has 2 aromatic carbocycles. The van der Waals surface area contributed by atoms with Gasteiger partial charge in [-0.3, -0.25) is 9.59 Å². The average Bonchev–Trinajstić information content (AvgIpc) is 3.18. The maximum absolute atomic E-state index is 13.5. The van der Waals surface area contributed by atoms with Crippen LogP contribution in [-0.2, 0) is 24.7 Å².